The van der Waals surface area contributed by atoms with E-state index in [-0.39, 0.29) is 29.6 Å². The molecule has 6 heteroatoms. The van der Waals surface area contributed by atoms with Gasteiger partial charge < -0.3 is 15.1 Å². The maximum Gasteiger partial charge on any atom is 0.245 e. The van der Waals surface area contributed by atoms with Crippen LogP contribution in [0.1, 0.15) is 34.6 Å². The molecule has 1 fully saturated rings. The summed E-state index contributed by atoms with van der Waals surface area (Å²) >= 11 is 0. The Bertz CT molecular complexity index is 399. The molecule has 1 aliphatic rings. The first-order valence-corrected chi connectivity index (χ1v) is 7.58. The van der Waals surface area contributed by atoms with Gasteiger partial charge in [-0.1, -0.05) is 27.7 Å². The molecule has 0 radical (unpaired) electrons. The predicted octanol–water partition coefficient (Wildman–Crippen LogP) is 0.474. The number of hydrogen-bond donors (Lipinski definition) is 1. The number of carbonyl (C=O) groups is 3. The van der Waals surface area contributed by atoms with E-state index in [1.807, 2.05) is 27.7 Å². The van der Waals surface area contributed by atoms with Gasteiger partial charge >= 0.3 is 0 Å². The molecule has 0 aromatic rings. The number of piperazine rings is 1. The molecule has 1 aliphatic heterocycles. The topological polar surface area (TPSA) is 69.7 Å². The van der Waals surface area contributed by atoms with Crippen LogP contribution in [0.4, 0.5) is 0 Å². The van der Waals surface area contributed by atoms with Crippen LogP contribution in [0.3, 0.4) is 0 Å². The monoisotopic (exact) mass is 297 g/mol. The number of nitrogens with zero attached hydrogens (tertiary/aromatic N) is 2. The van der Waals surface area contributed by atoms with Crippen molar-refractivity contribution in [2.75, 3.05) is 26.2 Å². The molecule has 0 aromatic carbocycles. The third kappa shape index (κ3) is 4.72. The van der Waals surface area contributed by atoms with Crippen LogP contribution < -0.4 is 5.32 Å². The van der Waals surface area contributed by atoms with E-state index in [9.17, 15) is 14.4 Å². The number of carbonyl (C=O) groups excluding carboxylic acids is 3. The molecule has 1 N–H and O–H groups in total. The quantitative estimate of drug-likeness (QED) is 0.820. The van der Waals surface area contributed by atoms with E-state index in [1.165, 1.54) is 6.92 Å². The second-order valence-corrected chi connectivity index (χ2v) is 6.23. The van der Waals surface area contributed by atoms with Crippen molar-refractivity contribution in [3.8, 4) is 0 Å². The summed E-state index contributed by atoms with van der Waals surface area (Å²) < 4.78 is 0. The van der Waals surface area contributed by atoms with E-state index in [2.05, 4.69) is 5.32 Å². The largest absolute Gasteiger partial charge is 0.344 e. The minimum Gasteiger partial charge on any atom is -0.344 e. The van der Waals surface area contributed by atoms with Crippen molar-refractivity contribution in [2.24, 2.45) is 11.8 Å². The number of rotatable bonds is 4. The molecule has 0 aromatic heterocycles. The van der Waals surface area contributed by atoms with Crippen molar-refractivity contribution in [3.05, 3.63) is 0 Å². The lowest BCUT2D eigenvalue weighted by atomic mass is 10.0. The Hall–Kier alpha value is -1.59. The van der Waals surface area contributed by atoms with Gasteiger partial charge in [-0.05, 0) is 5.92 Å². The van der Waals surface area contributed by atoms with Crippen molar-refractivity contribution in [1.82, 2.24) is 15.1 Å². The Morgan fingerprint density at radius 2 is 1.29 bits per heavy atom. The molecule has 1 heterocycles. The van der Waals surface area contributed by atoms with E-state index >= 15 is 0 Å². The lowest BCUT2D eigenvalue weighted by Crippen LogP contribution is -2.57. The van der Waals surface area contributed by atoms with Gasteiger partial charge in [0.05, 0.1) is 0 Å². The average Bonchev–Trinajstić information content (AvgIpc) is 2.42. The lowest BCUT2D eigenvalue weighted by Gasteiger charge is -2.37. The summed E-state index contributed by atoms with van der Waals surface area (Å²) in [5, 5.41) is 2.72. The highest BCUT2D eigenvalue weighted by molar-refractivity contribution is 5.87. The standard InChI is InChI=1S/C15H27N3O3/c1-10(2)13(16-12(5)19)15(21)18-8-6-17(7-9-18)14(20)11(3)4/h10-11,13H,6-9H2,1-5H3,(H,16,19). The van der Waals surface area contributed by atoms with Crippen LogP contribution in [0.15, 0.2) is 0 Å². The van der Waals surface area contributed by atoms with Gasteiger partial charge in [-0.25, -0.2) is 0 Å². The van der Waals surface area contributed by atoms with Crippen LogP contribution in [-0.2, 0) is 14.4 Å². The van der Waals surface area contributed by atoms with Gasteiger partial charge in [0.25, 0.3) is 0 Å². The summed E-state index contributed by atoms with van der Waals surface area (Å²) in [6.07, 6.45) is 0. The molecule has 1 atom stereocenters. The maximum absolute atomic E-state index is 12.5. The van der Waals surface area contributed by atoms with Gasteiger partial charge in [0.15, 0.2) is 0 Å². The third-order valence-electron chi connectivity index (χ3n) is 3.69. The second-order valence-electron chi connectivity index (χ2n) is 6.23. The van der Waals surface area contributed by atoms with Crippen molar-refractivity contribution in [2.45, 2.75) is 40.7 Å². The first kappa shape index (κ1) is 17.5. The van der Waals surface area contributed by atoms with Crippen molar-refractivity contribution in [3.63, 3.8) is 0 Å². The van der Waals surface area contributed by atoms with Crippen LogP contribution >= 0.6 is 0 Å². The van der Waals surface area contributed by atoms with E-state index in [0.29, 0.717) is 26.2 Å². The number of amides is 3. The Morgan fingerprint density at radius 1 is 0.857 bits per heavy atom. The van der Waals surface area contributed by atoms with Crippen LogP contribution in [0.5, 0.6) is 0 Å². The molecule has 3 amide bonds. The SMILES string of the molecule is CC(=O)NC(C(=O)N1CCN(C(=O)C(C)C)CC1)C(C)C. The molecular weight excluding hydrogens is 270 g/mol. The van der Waals surface area contributed by atoms with Gasteiger partial charge in [-0.3, -0.25) is 14.4 Å². The van der Waals surface area contributed by atoms with Gasteiger partial charge in [-0.2, -0.15) is 0 Å². The highest BCUT2D eigenvalue weighted by atomic mass is 16.2. The molecule has 0 bridgehead atoms. The highest BCUT2D eigenvalue weighted by Crippen LogP contribution is 2.11. The van der Waals surface area contributed by atoms with Crippen LogP contribution in [0.2, 0.25) is 0 Å². The Kier molecular flexibility index (Phi) is 6.18. The molecule has 0 saturated carbocycles. The normalized spacial score (nSPS) is 17.1. The van der Waals surface area contributed by atoms with Crippen LogP contribution in [0, 0.1) is 11.8 Å². The minimum atomic E-state index is -0.491. The Balaban J connectivity index is 2.61. The molecule has 0 spiro atoms. The van der Waals surface area contributed by atoms with Gasteiger partial charge in [0, 0.05) is 39.0 Å². The molecular formula is C15H27N3O3. The fourth-order valence-corrected chi connectivity index (χ4v) is 2.44. The third-order valence-corrected chi connectivity index (χ3v) is 3.69. The molecule has 0 aliphatic carbocycles. The maximum atomic E-state index is 12.5. The van der Waals surface area contributed by atoms with E-state index in [1.54, 1.807) is 9.80 Å². The van der Waals surface area contributed by atoms with Gasteiger partial charge in [-0.15, -0.1) is 0 Å². The zero-order valence-electron chi connectivity index (χ0n) is 13.7. The fraction of sp³-hybridized carbons (Fsp3) is 0.800. The number of hydrogen-bond acceptors (Lipinski definition) is 3. The Labute approximate surface area is 126 Å². The van der Waals surface area contributed by atoms with Crippen LogP contribution in [0.25, 0.3) is 0 Å². The fourth-order valence-electron chi connectivity index (χ4n) is 2.44. The smallest absolute Gasteiger partial charge is 0.245 e. The summed E-state index contributed by atoms with van der Waals surface area (Å²) in [7, 11) is 0. The second kappa shape index (κ2) is 7.43. The highest BCUT2D eigenvalue weighted by Gasteiger charge is 2.31. The summed E-state index contributed by atoms with van der Waals surface area (Å²) in [6.45, 7) is 11.2. The van der Waals surface area contributed by atoms with E-state index < -0.39 is 6.04 Å². The molecule has 1 saturated heterocycles. The molecule has 21 heavy (non-hydrogen) atoms. The van der Waals surface area contributed by atoms with Crippen molar-refractivity contribution < 1.29 is 14.4 Å². The molecule has 6 nitrogen and oxygen atoms in total. The zero-order valence-corrected chi connectivity index (χ0v) is 13.7. The zero-order chi connectivity index (χ0) is 16.2. The lowest BCUT2D eigenvalue weighted by molar-refractivity contribution is -0.143. The van der Waals surface area contributed by atoms with E-state index in [0.717, 1.165) is 0 Å². The van der Waals surface area contributed by atoms with E-state index in [4.69, 9.17) is 0 Å². The molecule has 120 valence electrons. The first-order valence-electron chi connectivity index (χ1n) is 7.58. The van der Waals surface area contributed by atoms with Crippen LogP contribution in [-0.4, -0.2) is 59.7 Å². The summed E-state index contributed by atoms with van der Waals surface area (Å²) in [5.41, 5.74) is 0. The predicted molar refractivity (Wildman–Crippen MR) is 80.4 cm³/mol. The molecule has 1 unspecified atom stereocenters. The summed E-state index contributed by atoms with van der Waals surface area (Å²) in [5.74, 6) is -0.108. The Morgan fingerprint density at radius 3 is 1.62 bits per heavy atom. The number of nitrogens with one attached hydrogen (secondary N) is 1. The minimum absolute atomic E-state index is 0.0185. The van der Waals surface area contributed by atoms with Crippen molar-refractivity contribution >= 4 is 17.7 Å². The van der Waals surface area contributed by atoms with Gasteiger partial charge in [0.1, 0.15) is 6.04 Å². The van der Waals surface area contributed by atoms with Crippen molar-refractivity contribution in [1.29, 1.82) is 0 Å². The average molecular weight is 297 g/mol. The summed E-state index contributed by atoms with van der Waals surface area (Å²) in [6, 6.07) is -0.491. The first-order chi connectivity index (χ1) is 9.73. The van der Waals surface area contributed by atoms with Gasteiger partial charge in [0.2, 0.25) is 17.7 Å². The summed E-state index contributed by atoms with van der Waals surface area (Å²) in [4.78, 5) is 39.2. The molecule has 1 rings (SSSR count).